The molecule has 3 aromatic heterocycles. The van der Waals surface area contributed by atoms with Gasteiger partial charge in [-0.1, -0.05) is 12.1 Å². The van der Waals surface area contributed by atoms with Gasteiger partial charge in [0.25, 0.3) is 5.56 Å². The van der Waals surface area contributed by atoms with Crippen molar-refractivity contribution in [2.45, 2.75) is 39.5 Å². The number of carbonyl (C=O) groups excluding carboxylic acids is 2. The second-order valence-electron chi connectivity index (χ2n) is 9.64. The average molecular weight is 515 g/mol. The fourth-order valence-corrected chi connectivity index (χ4v) is 5.64. The van der Waals surface area contributed by atoms with Crippen molar-refractivity contribution < 1.29 is 9.59 Å². The Kier molecular flexibility index (Phi) is 5.75. The lowest BCUT2D eigenvalue weighted by molar-refractivity contribution is -0.122. The van der Waals surface area contributed by atoms with Crippen LogP contribution in [0.5, 0.6) is 0 Å². The van der Waals surface area contributed by atoms with Gasteiger partial charge < -0.3 is 10.2 Å². The van der Waals surface area contributed by atoms with Crippen LogP contribution < -0.4 is 15.8 Å². The smallest absolute Gasteiger partial charge is 0.255 e. The Morgan fingerprint density at radius 1 is 1.14 bits per heavy atom. The van der Waals surface area contributed by atoms with Gasteiger partial charge in [-0.3, -0.25) is 19.4 Å². The summed E-state index contributed by atoms with van der Waals surface area (Å²) in [7, 11) is 0. The van der Waals surface area contributed by atoms with Crippen LogP contribution in [0.2, 0.25) is 0 Å². The van der Waals surface area contributed by atoms with Crippen LogP contribution >= 0.6 is 11.3 Å². The van der Waals surface area contributed by atoms with E-state index in [2.05, 4.69) is 20.4 Å². The second-order valence-corrected chi connectivity index (χ2v) is 10.6. The van der Waals surface area contributed by atoms with Gasteiger partial charge in [0.2, 0.25) is 17.8 Å². The molecule has 1 aliphatic heterocycles. The van der Waals surface area contributed by atoms with Gasteiger partial charge in [-0.25, -0.2) is 4.98 Å². The number of thiophene rings is 1. The van der Waals surface area contributed by atoms with Crippen molar-refractivity contribution in [1.29, 1.82) is 0 Å². The highest BCUT2D eigenvalue weighted by Gasteiger charge is 2.36. The number of hydrogen-bond donors (Lipinski definition) is 2. The summed E-state index contributed by atoms with van der Waals surface area (Å²) in [6.07, 6.45) is 2.47. The van der Waals surface area contributed by atoms with Crippen molar-refractivity contribution in [3.05, 3.63) is 74.5 Å². The molecule has 2 amide bonds. The van der Waals surface area contributed by atoms with E-state index in [4.69, 9.17) is 0 Å². The number of aryl methyl sites for hydroxylation is 3. The maximum absolute atomic E-state index is 13.4. The van der Waals surface area contributed by atoms with E-state index in [1.165, 1.54) is 16.0 Å². The van der Waals surface area contributed by atoms with E-state index in [-0.39, 0.29) is 29.7 Å². The number of nitrogens with one attached hydrogen (secondary N) is 2. The number of fused-ring (bicyclic) bond motifs is 1. The SMILES string of the molecule is Cc1ccc(N2CC(C(=O)Nc3cc(-c4cccs4)nn3-c3nc4c(c(=O)[nH]3)CCC4)CC2=O)cc1C. The third kappa shape index (κ3) is 4.27. The molecule has 9 nitrogen and oxygen atoms in total. The number of rotatable bonds is 5. The number of anilines is 2. The van der Waals surface area contributed by atoms with Crippen molar-refractivity contribution in [2.24, 2.45) is 5.92 Å². The summed E-state index contributed by atoms with van der Waals surface area (Å²) >= 11 is 1.53. The van der Waals surface area contributed by atoms with Crippen LogP contribution in [0.15, 0.2) is 46.6 Å². The zero-order chi connectivity index (χ0) is 25.7. The van der Waals surface area contributed by atoms with E-state index >= 15 is 0 Å². The Labute approximate surface area is 217 Å². The van der Waals surface area contributed by atoms with Crippen molar-refractivity contribution in [3.8, 4) is 16.5 Å². The number of amides is 2. The predicted octanol–water partition coefficient (Wildman–Crippen LogP) is 3.78. The Bertz CT molecular complexity index is 1590. The molecule has 188 valence electrons. The normalized spacial score (nSPS) is 16.9. The van der Waals surface area contributed by atoms with Gasteiger partial charge in [-0.15, -0.1) is 11.3 Å². The number of benzene rings is 1. The molecule has 10 heteroatoms. The van der Waals surface area contributed by atoms with Crippen LogP contribution in [0.3, 0.4) is 0 Å². The number of aromatic amines is 1. The van der Waals surface area contributed by atoms with Gasteiger partial charge in [0, 0.05) is 30.3 Å². The van der Waals surface area contributed by atoms with E-state index in [0.717, 1.165) is 45.8 Å². The summed E-state index contributed by atoms with van der Waals surface area (Å²) in [6.45, 7) is 4.33. The minimum absolute atomic E-state index is 0.0826. The van der Waals surface area contributed by atoms with Crippen molar-refractivity contribution in [1.82, 2.24) is 19.7 Å². The lowest BCUT2D eigenvalue weighted by Gasteiger charge is -2.18. The average Bonchev–Trinajstić information content (AvgIpc) is 3.67. The van der Waals surface area contributed by atoms with E-state index < -0.39 is 5.92 Å². The third-order valence-corrected chi connectivity index (χ3v) is 8.05. The molecule has 4 heterocycles. The highest BCUT2D eigenvalue weighted by molar-refractivity contribution is 7.13. The van der Waals surface area contributed by atoms with Gasteiger partial charge in [-0.05, 0) is 67.8 Å². The molecule has 6 rings (SSSR count). The molecule has 2 aliphatic rings. The molecule has 1 saturated heterocycles. The standard InChI is InChI=1S/C27H26N6O3S/c1-15-8-9-18(11-16(15)2)32-14-17(12-24(32)34)25(35)29-23-13-21(22-7-4-10-37-22)31-33(23)27-28-20-6-3-5-19(20)26(36)30-27/h4,7-11,13,17H,3,5-6,12,14H2,1-2H3,(H,29,35)(H,28,30,36). The fraction of sp³-hybridized carbons (Fsp3) is 0.296. The van der Waals surface area contributed by atoms with Crippen LogP contribution in [0.1, 0.15) is 35.2 Å². The highest BCUT2D eigenvalue weighted by Crippen LogP contribution is 2.30. The lowest BCUT2D eigenvalue weighted by atomic mass is 10.1. The number of nitrogens with zero attached hydrogens (tertiary/aromatic N) is 4. The largest absolute Gasteiger partial charge is 0.312 e. The lowest BCUT2D eigenvalue weighted by Crippen LogP contribution is -2.29. The molecule has 2 N–H and O–H groups in total. The summed E-state index contributed by atoms with van der Waals surface area (Å²) < 4.78 is 1.48. The van der Waals surface area contributed by atoms with Crippen molar-refractivity contribution >= 4 is 34.7 Å². The number of hydrogen-bond acceptors (Lipinski definition) is 6. The van der Waals surface area contributed by atoms with Gasteiger partial charge in [0.15, 0.2) is 0 Å². The minimum atomic E-state index is -0.519. The van der Waals surface area contributed by atoms with Crippen molar-refractivity contribution in [2.75, 3.05) is 16.8 Å². The van der Waals surface area contributed by atoms with Gasteiger partial charge in [0.05, 0.1) is 16.5 Å². The molecule has 1 atom stereocenters. The molecular weight excluding hydrogens is 488 g/mol. The maximum atomic E-state index is 13.4. The van der Waals surface area contributed by atoms with Gasteiger partial charge >= 0.3 is 0 Å². The molecule has 1 fully saturated rings. The number of aromatic nitrogens is 4. The zero-order valence-electron chi connectivity index (χ0n) is 20.6. The van der Waals surface area contributed by atoms with Crippen LogP contribution in [0, 0.1) is 19.8 Å². The van der Waals surface area contributed by atoms with E-state index in [9.17, 15) is 14.4 Å². The Balaban J connectivity index is 1.30. The first-order valence-electron chi connectivity index (χ1n) is 12.3. The molecule has 1 unspecified atom stereocenters. The third-order valence-electron chi connectivity index (χ3n) is 7.16. The molecule has 0 radical (unpaired) electrons. The summed E-state index contributed by atoms with van der Waals surface area (Å²) in [6, 6.07) is 11.5. The van der Waals surface area contributed by atoms with Crippen molar-refractivity contribution in [3.63, 3.8) is 0 Å². The first-order chi connectivity index (χ1) is 17.9. The van der Waals surface area contributed by atoms with E-state index in [0.29, 0.717) is 24.5 Å². The minimum Gasteiger partial charge on any atom is -0.312 e. The zero-order valence-corrected chi connectivity index (χ0v) is 21.4. The monoisotopic (exact) mass is 514 g/mol. The van der Waals surface area contributed by atoms with Crippen LogP contribution in [-0.2, 0) is 22.4 Å². The summed E-state index contributed by atoms with van der Waals surface area (Å²) in [4.78, 5) is 48.9. The molecular formula is C27H26N6O3S. The second kappa shape index (κ2) is 9.11. The first-order valence-corrected chi connectivity index (χ1v) is 13.2. The maximum Gasteiger partial charge on any atom is 0.255 e. The van der Waals surface area contributed by atoms with E-state index in [1.54, 1.807) is 11.0 Å². The molecule has 4 aromatic rings. The molecule has 0 saturated carbocycles. The first kappa shape index (κ1) is 23.4. The summed E-state index contributed by atoms with van der Waals surface area (Å²) in [5.41, 5.74) is 5.02. The van der Waals surface area contributed by atoms with Crippen LogP contribution in [-0.4, -0.2) is 38.1 Å². The Hall–Kier alpha value is -4.05. The predicted molar refractivity (Wildman–Crippen MR) is 142 cm³/mol. The molecule has 1 aliphatic carbocycles. The summed E-state index contributed by atoms with van der Waals surface area (Å²) in [5, 5.41) is 9.58. The number of carbonyl (C=O) groups is 2. The fourth-order valence-electron chi connectivity index (χ4n) is 4.96. The van der Waals surface area contributed by atoms with Crippen LogP contribution in [0.25, 0.3) is 16.5 Å². The Morgan fingerprint density at radius 2 is 2.00 bits per heavy atom. The molecule has 1 aromatic carbocycles. The molecule has 37 heavy (non-hydrogen) atoms. The Morgan fingerprint density at radius 3 is 2.78 bits per heavy atom. The van der Waals surface area contributed by atoms with Gasteiger partial charge in [0.1, 0.15) is 11.5 Å². The van der Waals surface area contributed by atoms with Gasteiger partial charge in [-0.2, -0.15) is 9.78 Å². The quantitative estimate of drug-likeness (QED) is 0.421. The molecule has 0 spiro atoms. The van der Waals surface area contributed by atoms with E-state index in [1.807, 2.05) is 49.6 Å². The highest BCUT2D eigenvalue weighted by atomic mass is 32.1. The molecule has 0 bridgehead atoms. The number of H-pyrrole nitrogens is 1. The summed E-state index contributed by atoms with van der Waals surface area (Å²) in [5.74, 6) is -0.216. The van der Waals surface area contributed by atoms with Crippen LogP contribution in [0.4, 0.5) is 11.5 Å². The topological polar surface area (TPSA) is 113 Å².